The summed E-state index contributed by atoms with van der Waals surface area (Å²) in [4.78, 5) is 35.1. The summed E-state index contributed by atoms with van der Waals surface area (Å²) in [6, 6.07) is 1.24. The second-order valence-electron chi connectivity index (χ2n) is 4.09. The van der Waals surface area contributed by atoms with Gasteiger partial charge in [0.1, 0.15) is 6.61 Å². The number of nitrogens with one attached hydrogen (secondary N) is 2. The van der Waals surface area contributed by atoms with Gasteiger partial charge in [0.05, 0.1) is 6.10 Å². The van der Waals surface area contributed by atoms with Crippen LogP contribution in [0.4, 0.5) is 0 Å². The van der Waals surface area contributed by atoms with Gasteiger partial charge in [0.15, 0.2) is 0 Å². The summed E-state index contributed by atoms with van der Waals surface area (Å²) < 4.78 is 10.2. The molecule has 106 valence electrons. The first-order valence-electron chi connectivity index (χ1n) is 6.11. The average Bonchev–Trinajstić information content (AvgIpc) is 2.38. The molecule has 2 N–H and O–H groups in total. The summed E-state index contributed by atoms with van der Waals surface area (Å²) in [5.74, 6) is -0.223. The Morgan fingerprint density at radius 1 is 1.47 bits per heavy atom. The molecular formula is C12H18N2O5. The highest BCUT2D eigenvalue weighted by Gasteiger charge is 2.14. The van der Waals surface area contributed by atoms with Crippen LogP contribution in [0.2, 0.25) is 0 Å². The predicted octanol–water partition coefficient (Wildman–Crippen LogP) is 0.182. The molecule has 0 radical (unpaired) electrons. The van der Waals surface area contributed by atoms with Crippen LogP contribution >= 0.6 is 0 Å². The topological polar surface area (TPSA) is 101 Å². The molecule has 0 aromatic carbocycles. The molecule has 1 aromatic heterocycles. The number of H-pyrrole nitrogens is 2. The van der Waals surface area contributed by atoms with Crippen molar-refractivity contribution in [3.8, 4) is 0 Å². The van der Waals surface area contributed by atoms with E-state index in [1.54, 1.807) is 0 Å². The fourth-order valence-corrected chi connectivity index (χ4v) is 1.53. The first-order chi connectivity index (χ1) is 9.08. The molecule has 1 fully saturated rings. The lowest BCUT2D eigenvalue weighted by molar-refractivity contribution is -0.146. The number of rotatable bonds is 2. The summed E-state index contributed by atoms with van der Waals surface area (Å²) in [7, 11) is 0. The van der Waals surface area contributed by atoms with Gasteiger partial charge < -0.3 is 14.5 Å². The highest BCUT2D eigenvalue weighted by Crippen LogP contribution is 2.12. The molecule has 1 aliphatic heterocycles. The Labute approximate surface area is 110 Å². The van der Waals surface area contributed by atoms with E-state index in [9.17, 15) is 14.4 Å². The number of carbonyl (C=O) groups excluding carboxylic acids is 1. The fraction of sp³-hybridized carbons (Fsp3) is 0.583. The Hall–Kier alpha value is -1.89. The second kappa shape index (κ2) is 8.25. The smallest absolute Gasteiger partial charge is 0.325 e. The molecule has 19 heavy (non-hydrogen) atoms. The lowest BCUT2D eigenvalue weighted by atomic mass is 10.1. The van der Waals surface area contributed by atoms with Crippen molar-refractivity contribution in [3.63, 3.8) is 0 Å². The third kappa shape index (κ3) is 7.20. The van der Waals surface area contributed by atoms with Gasteiger partial charge in [-0.1, -0.05) is 0 Å². The van der Waals surface area contributed by atoms with Crippen molar-refractivity contribution in [2.45, 2.75) is 32.3 Å². The Morgan fingerprint density at radius 3 is 2.74 bits per heavy atom. The molecule has 1 atom stereocenters. The zero-order valence-corrected chi connectivity index (χ0v) is 10.8. The molecule has 0 amide bonds. The Kier molecular flexibility index (Phi) is 6.59. The van der Waals surface area contributed by atoms with E-state index in [1.807, 2.05) is 4.98 Å². The van der Waals surface area contributed by atoms with Gasteiger partial charge in [-0.25, -0.2) is 4.79 Å². The van der Waals surface area contributed by atoms with E-state index in [4.69, 9.17) is 9.47 Å². The average molecular weight is 270 g/mol. The SMILES string of the molecule is CC(=O)OCC1CCCCO1.O=c1cc[nH]c(=O)[nH]1. The van der Waals surface area contributed by atoms with Crippen molar-refractivity contribution >= 4 is 5.97 Å². The minimum atomic E-state index is -0.475. The second-order valence-corrected chi connectivity index (χ2v) is 4.09. The minimum absolute atomic E-state index is 0.146. The van der Waals surface area contributed by atoms with Crippen molar-refractivity contribution in [1.29, 1.82) is 0 Å². The molecule has 0 saturated carbocycles. The summed E-state index contributed by atoms with van der Waals surface area (Å²) in [6.45, 7) is 2.66. The molecule has 2 heterocycles. The molecule has 0 spiro atoms. The third-order valence-corrected chi connectivity index (χ3v) is 2.43. The number of esters is 1. The summed E-state index contributed by atoms with van der Waals surface area (Å²) in [6.07, 6.45) is 4.78. The summed E-state index contributed by atoms with van der Waals surface area (Å²) >= 11 is 0. The lowest BCUT2D eigenvalue weighted by Crippen LogP contribution is -2.25. The standard InChI is InChI=1S/C8H14O3.C4H4N2O2/c1-7(9)11-6-8-4-2-3-5-10-8;7-3-1-2-5-4(8)6-3/h8H,2-6H2,1H3;1-2H,(H2,5,6,7,8). The van der Waals surface area contributed by atoms with E-state index < -0.39 is 5.69 Å². The number of hydrogen-bond donors (Lipinski definition) is 2. The predicted molar refractivity (Wildman–Crippen MR) is 67.9 cm³/mol. The van der Waals surface area contributed by atoms with Crippen LogP contribution in [-0.2, 0) is 14.3 Å². The van der Waals surface area contributed by atoms with Crippen molar-refractivity contribution in [2.24, 2.45) is 0 Å². The van der Waals surface area contributed by atoms with Crippen LogP contribution in [0.15, 0.2) is 21.9 Å². The van der Waals surface area contributed by atoms with Crippen LogP contribution in [0, 0.1) is 0 Å². The molecule has 1 aliphatic rings. The first kappa shape index (κ1) is 15.2. The van der Waals surface area contributed by atoms with Crippen LogP contribution in [-0.4, -0.2) is 35.3 Å². The maximum atomic E-state index is 10.4. The normalized spacial score (nSPS) is 18.1. The van der Waals surface area contributed by atoms with Gasteiger partial charge in [0, 0.05) is 25.8 Å². The zero-order chi connectivity index (χ0) is 14.1. The van der Waals surface area contributed by atoms with Crippen LogP contribution in [0.3, 0.4) is 0 Å². The Balaban J connectivity index is 0.000000200. The minimum Gasteiger partial charge on any atom is -0.463 e. The van der Waals surface area contributed by atoms with Gasteiger partial charge in [-0.2, -0.15) is 0 Å². The molecule has 1 aromatic rings. The van der Waals surface area contributed by atoms with Crippen molar-refractivity contribution in [2.75, 3.05) is 13.2 Å². The van der Waals surface area contributed by atoms with Crippen LogP contribution in [0.25, 0.3) is 0 Å². The first-order valence-corrected chi connectivity index (χ1v) is 6.11. The number of ether oxygens (including phenoxy) is 2. The lowest BCUT2D eigenvalue weighted by Gasteiger charge is -2.21. The number of carbonyl (C=O) groups is 1. The van der Waals surface area contributed by atoms with Gasteiger partial charge in [0.25, 0.3) is 5.56 Å². The molecule has 0 bridgehead atoms. The zero-order valence-electron chi connectivity index (χ0n) is 10.8. The summed E-state index contributed by atoms with van der Waals surface area (Å²) in [5, 5.41) is 0. The Bertz CT molecular complexity index is 462. The van der Waals surface area contributed by atoms with E-state index in [-0.39, 0.29) is 17.6 Å². The highest BCUT2D eigenvalue weighted by molar-refractivity contribution is 5.65. The Morgan fingerprint density at radius 2 is 2.26 bits per heavy atom. The fourth-order valence-electron chi connectivity index (χ4n) is 1.53. The monoisotopic (exact) mass is 270 g/mol. The maximum absolute atomic E-state index is 10.4. The quantitative estimate of drug-likeness (QED) is 0.747. The third-order valence-electron chi connectivity index (χ3n) is 2.43. The molecule has 7 heteroatoms. The number of aromatic amines is 2. The maximum Gasteiger partial charge on any atom is 0.325 e. The van der Waals surface area contributed by atoms with E-state index in [1.165, 1.54) is 25.6 Å². The van der Waals surface area contributed by atoms with Crippen molar-refractivity contribution in [1.82, 2.24) is 9.97 Å². The van der Waals surface area contributed by atoms with Gasteiger partial charge in [-0.15, -0.1) is 0 Å². The number of aromatic nitrogens is 2. The van der Waals surface area contributed by atoms with Crippen LogP contribution in [0.1, 0.15) is 26.2 Å². The highest BCUT2D eigenvalue weighted by atomic mass is 16.6. The van der Waals surface area contributed by atoms with Crippen LogP contribution in [0.5, 0.6) is 0 Å². The van der Waals surface area contributed by atoms with E-state index in [2.05, 4.69) is 4.98 Å². The van der Waals surface area contributed by atoms with E-state index in [0.717, 1.165) is 19.4 Å². The van der Waals surface area contributed by atoms with Gasteiger partial charge >= 0.3 is 11.7 Å². The largest absolute Gasteiger partial charge is 0.463 e. The molecular weight excluding hydrogens is 252 g/mol. The molecule has 0 aliphatic carbocycles. The molecule has 1 saturated heterocycles. The molecule has 1 unspecified atom stereocenters. The van der Waals surface area contributed by atoms with Crippen LogP contribution < -0.4 is 11.2 Å². The van der Waals surface area contributed by atoms with E-state index in [0.29, 0.717) is 6.61 Å². The van der Waals surface area contributed by atoms with E-state index >= 15 is 0 Å². The molecule has 7 nitrogen and oxygen atoms in total. The van der Waals surface area contributed by atoms with Gasteiger partial charge in [0.2, 0.25) is 0 Å². The number of hydrogen-bond acceptors (Lipinski definition) is 5. The summed E-state index contributed by atoms with van der Waals surface area (Å²) in [5.41, 5.74) is -0.855. The van der Waals surface area contributed by atoms with Gasteiger partial charge in [-0.3, -0.25) is 14.6 Å². The van der Waals surface area contributed by atoms with Crippen molar-refractivity contribution < 1.29 is 14.3 Å². The van der Waals surface area contributed by atoms with Crippen molar-refractivity contribution in [3.05, 3.63) is 33.1 Å². The van der Waals surface area contributed by atoms with Gasteiger partial charge in [-0.05, 0) is 19.3 Å². The molecule has 2 rings (SSSR count).